The van der Waals surface area contributed by atoms with Crippen LogP contribution in [0.15, 0.2) is 0 Å². The summed E-state index contributed by atoms with van der Waals surface area (Å²) in [6, 6.07) is 0.711. The van der Waals surface area contributed by atoms with Gasteiger partial charge in [-0.2, -0.15) is 0 Å². The summed E-state index contributed by atoms with van der Waals surface area (Å²) in [5.74, 6) is 0. The zero-order chi connectivity index (χ0) is 12.8. The van der Waals surface area contributed by atoms with E-state index >= 15 is 0 Å². The number of hydrogen-bond donors (Lipinski definition) is 1. The minimum atomic E-state index is 0.137. The minimum absolute atomic E-state index is 0.137. The summed E-state index contributed by atoms with van der Waals surface area (Å²) in [7, 11) is 1.84. The molecule has 0 bridgehead atoms. The van der Waals surface area contributed by atoms with Crippen molar-refractivity contribution in [1.82, 2.24) is 4.90 Å². The maximum Gasteiger partial charge on any atom is 0.0701 e. The van der Waals surface area contributed by atoms with Gasteiger partial charge < -0.3 is 19.5 Å². The van der Waals surface area contributed by atoms with Crippen LogP contribution in [0.3, 0.4) is 0 Å². The highest BCUT2D eigenvalue weighted by Crippen LogP contribution is 2.27. The largest absolute Gasteiger partial charge is 0.394 e. The van der Waals surface area contributed by atoms with Crippen molar-refractivity contribution in [3.63, 3.8) is 0 Å². The van der Waals surface area contributed by atoms with E-state index in [1.807, 2.05) is 7.11 Å². The van der Waals surface area contributed by atoms with E-state index in [1.54, 1.807) is 0 Å². The Kier molecular flexibility index (Phi) is 5.89. The predicted octanol–water partition coefficient (Wildman–Crippen LogP) is 1.42. The quantitative estimate of drug-likeness (QED) is 0.809. The number of piperidine rings is 1. The van der Waals surface area contributed by atoms with Gasteiger partial charge in [-0.3, -0.25) is 0 Å². The first-order valence-electron chi connectivity index (χ1n) is 7.32. The highest BCUT2D eigenvalue weighted by Gasteiger charge is 2.29. The summed E-state index contributed by atoms with van der Waals surface area (Å²) in [6.07, 6.45) is 8.07. The second-order valence-electron chi connectivity index (χ2n) is 5.51. The van der Waals surface area contributed by atoms with E-state index in [9.17, 15) is 0 Å². The number of ether oxygens (including phenoxy) is 2. The molecule has 2 atom stereocenters. The Bertz CT molecular complexity index is 229. The number of aliphatic hydroxyl groups is 1. The van der Waals surface area contributed by atoms with Gasteiger partial charge in [0.05, 0.1) is 25.4 Å². The molecular formula is C14H27NO3. The van der Waals surface area contributed by atoms with E-state index in [2.05, 4.69) is 4.90 Å². The summed E-state index contributed by atoms with van der Waals surface area (Å²) >= 11 is 0. The van der Waals surface area contributed by atoms with Crippen LogP contribution < -0.4 is 0 Å². The molecule has 2 rings (SSSR count). The van der Waals surface area contributed by atoms with Crippen LogP contribution in [0, 0.1) is 0 Å². The van der Waals surface area contributed by atoms with Gasteiger partial charge in [0.1, 0.15) is 0 Å². The van der Waals surface area contributed by atoms with Crippen molar-refractivity contribution in [1.29, 1.82) is 0 Å². The van der Waals surface area contributed by atoms with Gasteiger partial charge in [-0.1, -0.05) is 0 Å². The Morgan fingerprint density at radius 2 is 1.89 bits per heavy atom. The Morgan fingerprint density at radius 1 is 1.11 bits per heavy atom. The van der Waals surface area contributed by atoms with Gasteiger partial charge in [0.15, 0.2) is 0 Å². The van der Waals surface area contributed by atoms with E-state index in [-0.39, 0.29) is 6.61 Å². The number of likely N-dealkylation sites (tertiary alicyclic amines) is 1. The Hall–Kier alpha value is -0.160. The maximum atomic E-state index is 8.76. The molecule has 0 aromatic heterocycles. The van der Waals surface area contributed by atoms with Crippen LogP contribution in [-0.4, -0.2) is 61.7 Å². The maximum absolute atomic E-state index is 8.76. The third kappa shape index (κ3) is 3.92. The van der Waals surface area contributed by atoms with E-state index in [4.69, 9.17) is 14.6 Å². The molecule has 0 radical (unpaired) electrons. The van der Waals surface area contributed by atoms with Crippen molar-refractivity contribution in [3.8, 4) is 0 Å². The predicted molar refractivity (Wildman–Crippen MR) is 70.7 cm³/mol. The second-order valence-corrected chi connectivity index (χ2v) is 5.51. The van der Waals surface area contributed by atoms with E-state index in [1.165, 1.54) is 25.7 Å². The van der Waals surface area contributed by atoms with Gasteiger partial charge in [-0.15, -0.1) is 0 Å². The molecule has 2 aliphatic rings. The first-order chi connectivity index (χ1) is 8.83. The summed E-state index contributed by atoms with van der Waals surface area (Å²) in [6.45, 7) is 2.90. The molecule has 1 heterocycles. The van der Waals surface area contributed by atoms with Crippen molar-refractivity contribution in [2.24, 2.45) is 0 Å². The molecule has 1 saturated heterocycles. The normalized spacial score (nSPS) is 31.7. The second kappa shape index (κ2) is 7.43. The molecule has 106 valence electrons. The first kappa shape index (κ1) is 14.3. The van der Waals surface area contributed by atoms with E-state index in [0.29, 0.717) is 24.9 Å². The third-order valence-electron chi connectivity index (χ3n) is 4.37. The van der Waals surface area contributed by atoms with Gasteiger partial charge >= 0.3 is 0 Å². The Labute approximate surface area is 110 Å². The monoisotopic (exact) mass is 257 g/mol. The van der Waals surface area contributed by atoms with Gasteiger partial charge in [0.25, 0.3) is 0 Å². The van der Waals surface area contributed by atoms with Crippen LogP contribution in [0.4, 0.5) is 0 Å². The van der Waals surface area contributed by atoms with Gasteiger partial charge in [-0.05, 0) is 38.5 Å². The van der Waals surface area contributed by atoms with Crippen LogP contribution in [0.2, 0.25) is 0 Å². The fourth-order valence-corrected chi connectivity index (χ4v) is 3.29. The van der Waals surface area contributed by atoms with Crippen molar-refractivity contribution in [2.75, 3.05) is 33.4 Å². The van der Waals surface area contributed by atoms with Crippen molar-refractivity contribution in [3.05, 3.63) is 0 Å². The molecule has 0 aromatic rings. The SMILES string of the molecule is COC1CCCC(N2CCC(OCCO)CC2)C1. The molecule has 2 fully saturated rings. The summed E-state index contributed by atoms with van der Waals surface area (Å²) in [4.78, 5) is 2.62. The third-order valence-corrected chi connectivity index (χ3v) is 4.37. The number of nitrogens with zero attached hydrogens (tertiary/aromatic N) is 1. The molecule has 1 aliphatic heterocycles. The molecule has 4 heteroatoms. The van der Waals surface area contributed by atoms with E-state index < -0.39 is 0 Å². The lowest BCUT2D eigenvalue weighted by Gasteiger charge is -2.40. The molecule has 1 saturated carbocycles. The highest BCUT2D eigenvalue weighted by atomic mass is 16.5. The van der Waals surface area contributed by atoms with Gasteiger partial charge in [-0.25, -0.2) is 0 Å². The minimum Gasteiger partial charge on any atom is -0.394 e. The van der Waals surface area contributed by atoms with Crippen molar-refractivity contribution < 1.29 is 14.6 Å². The topological polar surface area (TPSA) is 41.9 Å². The fraction of sp³-hybridized carbons (Fsp3) is 1.00. The first-order valence-corrected chi connectivity index (χ1v) is 7.32. The van der Waals surface area contributed by atoms with Gasteiger partial charge in [0, 0.05) is 26.2 Å². The summed E-state index contributed by atoms with van der Waals surface area (Å²) < 4.78 is 11.1. The molecular weight excluding hydrogens is 230 g/mol. The summed E-state index contributed by atoms with van der Waals surface area (Å²) in [5, 5.41) is 8.76. The number of methoxy groups -OCH3 is 1. The smallest absolute Gasteiger partial charge is 0.0701 e. The number of rotatable bonds is 5. The zero-order valence-electron chi connectivity index (χ0n) is 11.5. The Balaban J connectivity index is 1.72. The standard InChI is InChI=1S/C14H27NO3/c1-17-14-4-2-3-12(11-14)15-7-5-13(6-8-15)18-10-9-16/h12-14,16H,2-11H2,1H3. The molecule has 1 N–H and O–H groups in total. The molecule has 2 unspecified atom stereocenters. The average Bonchev–Trinajstić information content (AvgIpc) is 2.46. The Morgan fingerprint density at radius 3 is 2.56 bits per heavy atom. The molecule has 4 nitrogen and oxygen atoms in total. The van der Waals surface area contributed by atoms with Crippen LogP contribution in [0.25, 0.3) is 0 Å². The van der Waals surface area contributed by atoms with Crippen molar-refractivity contribution in [2.45, 2.75) is 56.8 Å². The number of hydrogen-bond acceptors (Lipinski definition) is 4. The fourth-order valence-electron chi connectivity index (χ4n) is 3.29. The lowest BCUT2D eigenvalue weighted by molar-refractivity contribution is -0.0296. The lowest BCUT2D eigenvalue weighted by atomic mass is 9.90. The van der Waals surface area contributed by atoms with Crippen LogP contribution in [0.5, 0.6) is 0 Å². The highest BCUT2D eigenvalue weighted by molar-refractivity contribution is 4.84. The van der Waals surface area contributed by atoms with Crippen LogP contribution >= 0.6 is 0 Å². The lowest BCUT2D eigenvalue weighted by Crippen LogP contribution is -2.46. The summed E-state index contributed by atoms with van der Waals surface area (Å²) in [5.41, 5.74) is 0. The van der Waals surface area contributed by atoms with Crippen LogP contribution in [-0.2, 0) is 9.47 Å². The average molecular weight is 257 g/mol. The zero-order valence-corrected chi connectivity index (χ0v) is 11.5. The van der Waals surface area contributed by atoms with E-state index in [0.717, 1.165) is 25.9 Å². The molecule has 18 heavy (non-hydrogen) atoms. The van der Waals surface area contributed by atoms with Crippen molar-refractivity contribution >= 4 is 0 Å². The molecule has 0 aromatic carbocycles. The van der Waals surface area contributed by atoms with Crippen LogP contribution in [0.1, 0.15) is 38.5 Å². The number of aliphatic hydroxyl groups excluding tert-OH is 1. The van der Waals surface area contributed by atoms with Gasteiger partial charge in [0.2, 0.25) is 0 Å². The molecule has 0 amide bonds. The molecule has 1 aliphatic carbocycles. The molecule has 0 spiro atoms.